The molecule has 0 spiro atoms. The van der Waals surface area contributed by atoms with Gasteiger partial charge in [-0.25, -0.2) is 9.97 Å². The van der Waals surface area contributed by atoms with Gasteiger partial charge < -0.3 is 5.32 Å². The number of benzene rings is 1. The van der Waals surface area contributed by atoms with Gasteiger partial charge in [-0.1, -0.05) is 29.8 Å². The Morgan fingerprint density at radius 2 is 2.27 bits per heavy atom. The Bertz CT molecular complexity index is 1050. The molecule has 132 valence electrons. The van der Waals surface area contributed by atoms with Crippen LogP contribution in [0.4, 0.5) is 5.13 Å². The highest BCUT2D eigenvalue weighted by atomic mass is 35.5. The van der Waals surface area contributed by atoms with Crippen LogP contribution in [0.2, 0.25) is 5.02 Å². The highest BCUT2D eigenvalue weighted by molar-refractivity contribution is 7.15. The van der Waals surface area contributed by atoms with Crippen molar-refractivity contribution in [3.63, 3.8) is 0 Å². The third-order valence-corrected chi connectivity index (χ3v) is 6.15. The standard InChI is InChI=1S/C18H15ClN4OS2/c1-11-3-2-4-12(16(11)19)7-14-9-20-17(26-14)22-15(24)8-13-10-23-5-6-25-18(23)21-13/h2-6,9-10H,7-8H2,1H3,(H,20,22,24). The maximum atomic E-state index is 12.2. The fraction of sp³-hybridized carbons (Fsp3) is 0.167. The summed E-state index contributed by atoms with van der Waals surface area (Å²) in [5.41, 5.74) is 2.87. The van der Waals surface area contributed by atoms with Crippen molar-refractivity contribution in [1.29, 1.82) is 0 Å². The van der Waals surface area contributed by atoms with Gasteiger partial charge >= 0.3 is 0 Å². The Kier molecular flexibility index (Phi) is 4.76. The molecule has 0 unspecified atom stereocenters. The summed E-state index contributed by atoms with van der Waals surface area (Å²) in [6.07, 6.45) is 6.51. The number of hydrogen-bond donors (Lipinski definition) is 1. The summed E-state index contributed by atoms with van der Waals surface area (Å²) < 4.78 is 1.92. The third kappa shape index (κ3) is 3.65. The lowest BCUT2D eigenvalue weighted by molar-refractivity contribution is -0.115. The molecule has 0 saturated carbocycles. The summed E-state index contributed by atoms with van der Waals surface area (Å²) in [4.78, 5) is 22.9. The summed E-state index contributed by atoms with van der Waals surface area (Å²) in [6.45, 7) is 1.99. The number of nitrogens with zero attached hydrogens (tertiary/aromatic N) is 3. The Balaban J connectivity index is 1.40. The minimum atomic E-state index is -0.120. The Labute approximate surface area is 163 Å². The number of imidazole rings is 1. The predicted molar refractivity (Wildman–Crippen MR) is 107 cm³/mol. The van der Waals surface area contributed by atoms with Crippen molar-refractivity contribution in [2.24, 2.45) is 0 Å². The van der Waals surface area contributed by atoms with Gasteiger partial charge in [-0.3, -0.25) is 9.20 Å². The summed E-state index contributed by atoms with van der Waals surface area (Å²) >= 11 is 9.36. The second kappa shape index (κ2) is 7.19. The first-order valence-electron chi connectivity index (χ1n) is 7.98. The number of aromatic nitrogens is 3. The predicted octanol–water partition coefficient (Wildman–Crippen LogP) is 4.59. The number of amides is 1. The average Bonchev–Trinajstić information content (AvgIpc) is 3.28. The van der Waals surface area contributed by atoms with Crippen LogP contribution in [0, 0.1) is 6.92 Å². The van der Waals surface area contributed by atoms with E-state index in [2.05, 4.69) is 15.3 Å². The molecule has 0 radical (unpaired) electrons. The molecule has 0 bridgehead atoms. The normalized spacial score (nSPS) is 11.2. The quantitative estimate of drug-likeness (QED) is 0.531. The number of carbonyl (C=O) groups is 1. The zero-order chi connectivity index (χ0) is 18.1. The van der Waals surface area contributed by atoms with Gasteiger partial charge in [0, 0.05) is 40.3 Å². The van der Waals surface area contributed by atoms with Crippen LogP contribution in [-0.2, 0) is 17.6 Å². The number of anilines is 1. The van der Waals surface area contributed by atoms with Gasteiger partial charge in [-0.15, -0.1) is 22.7 Å². The van der Waals surface area contributed by atoms with E-state index < -0.39 is 0 Å². The van der Waals surface area contributed by atoms with E-state index in [0.717, 1.165) is 31.7 Å². The molecule has 0 fully saturated rings. The monoisotopic (exact) mass is 402 g/mol. The molecule has 0 aliphatic rings. The Morgan fingerprint density at radius 1 is 1.38 bits per heavy atom. The molecule has 0 atom stereocenters. The number of aryl methyl sites for hydroxylation is 1. The van der Waals surface area contributed by atoms with E-state index in [-0.39, 0.29) is 12.3 Å². The smallest absolute Gasteiger partial charge is 0.232 e. The lowest BCUT2D eigenvalue weighted by atomic mass is 10.1. The molecule has 3 heterocycles. The van der Waals surface area contributed by atoms with Crippen LogP contribution < -0.4 is 5.32 Å². The molecular formula is C18H15ClN4OS2. The first-order chi connectivity index (χ1) is 12.6. The third-order valence-electron chi connectivity index (χ3n) is 3.92. The lowest BCUT2D eigenvalue weighted by Crippen LogP contribution is -2.14. The van der Waals surface area contributed by atoms with Crippen molar-refractivity contribution in [3.05, 3.63) is 68.9 Å². The van der Waals surface area contributed by atoms with Crippen molar-refractivity contribution < 1.29 is 4.79 Å². The van der Waals surface area contributed by atoms with Crippen LogP contribution in [0.15, 0.2) is 42.2 Å². The number of rotatable bonds is 5. The van der Waals surface area contributed by atoms with Crippen LogP contribution >= 0.6 is 34.3 Å². The Hall–Kier alpha value is -2.22. The molecule has 0 saturated heterocycles. The number of fused-ring (bicyclic) bond motifs is 1. The summed E-state index contributed by atoms with van der Waals surface area (Å²) in [6, 6.07) is 6.00. The number of carbonyl (C=O) groups excluding carboxylic acids is 1. The van der Waals surface area contributed by atoms with Gasteiger partial charge in [0.15, 0.2) is 10.1 Å². The largest absolute Gasteiger partial charge is 0.302 e. The van der Waals surface area contributed by atoms with E-state index in [1.165, 1.54) is 11.3 Å². The molecule has 0 aliphatic heterocycles. The highest BCUT2D eigenvalue weighted by Gasteiger charge is 2.12. The van der Waals surface area contributed by atoms with Crippen molar-refractivity contribution >= 4 is 50.3 Å². The molecule has 1 amide bonds. The second-order valence-corrected chi connectivity index (χ2v) is 8.27. The maximum absolute atomic E-state index is 12.2. The summed E-state index contributed by atoms with van der Waals surface area (Å²) in [5.74, 6) is -0.120. The van der Waals surface area contributed by atoms with Crippen LogP contribution in [-0.4, -0.2) is 20.3 Å². The first-order valence-corrected chi connectivity index (χ1v) is 10.1. The van der Waals surface area contributed by atoms with E-state index in [0.29, 0.717) is 11.6 Å². The van der Waals surface area contributed by atoms with Gasteiger partial charge in [-0.05, 0) is 18.1 Å². The van der Waals surface area contributed by atoms with Gasteiger partial charge in [0.1, 0.15) is 0 Å². The van der Waals surface area contributed by atoms with Crippen molar-refractivity contribution in [2.75, 3.05) is 5.32 Å². The second-order valence-electron chi connectivity index (χ2n) is 5.91. The molecule has 1 N–H and O–H groups in total. The van der Waals surface area contributed by atoms with Crippen LogP contribution in [0.3, 0.4) is 0 Å². The van der Waals surface area contributed by atoms with Gasteiger partial charge in [0.25, 0.3) is 0 Å². The fourth-order valence-electron chi connectivity index (χ4n) is 2.67. The number of nitrogens with one attached hydrogen (secondary N) is 1. The molecule has 5 nitrogen and oxygen atoms in total. The molecule has 0 aliphatic carbocycles. The Morgan fingerprint density at radius 3 is 3.12 bits per heavy atom. The fourth-order valence-corrected chi connectivity index (χ4v) is 4.43. The van der Waals surface area contributed by atoms with E-state index >= 15 is 0 Å². The van der Waals surface area contributed by atoms with E-state index in [1.807, 2.05) is 47.3 Å². The van der Waals surface area contributed by atoms with Gasteiger partial charge in [-0.2, -0.15) is 0 Å². The molecule has 4 rings (SSSR count). The van der Waals surface area contributed by atoms with Crippen molar-refractivity contribution in [2.45, 2.75) is 19.8 Å². The van der Waals surface area contributed by atoms with Gasteiger partial charge in [0.2, 0.25) is 5.91 Å². The minimum Gasteiger partial charge on any atom is -0.302 e. The summed E-state index contributed by atoms with van der Waals surface area (Å²) in [7, 11) is 0. The maximum Gasteiger partial charge on any atom is 0.232 e. The highest BCUT2D eigenvalue weighted by Crippen LogP contribution is 2.26. The van der Waals surface area contributed by atoms with Crippen molar-refractivity contribution in [1.82, 2.24) is 14.4 Å². The first kappa shape index (κ1) is 17.2. The molecule has 26 heavy (non-hydrogen) atoms. The zero-order valence-electron chi connectivity index (χ0n) is 13.9. The molecule has 8 heteroatoms. The van der Waals surface area contributed by atoms with E-state index in [1.54, 1.807) is 17.5 Å². The molecule has 1 aromatic carbocycles. The zero-order valence-corrected chi connectivity index (χ0v) is 16.3. The molecule has 3 aromatic heterocycles. The number of halogens is 1. The van der Waals surface area contributed by atoms with E-state index in [9.17, 15) is 4.79 Å². The number of thiazole rings is 2. The lowest BCUT2D eigenvalue weighted by Gasteiger charge is -2.04. The number of hydrogen-bond acceptors (Lipinski definition) is 5. The summed E-state index contributed by atoms with van der Waals surface area (Å²) in [5, 5.41) is 6.19. The van der Waals surface area contributed by atoms with Gasteiger partial charge in [0.05, 0.1) is 12.1 Å². The molecule has 4 aromatic rings. The van der Waals surface area contributed by atoms with Crippen LogP contribution in [0.5, 0.6) is 0 Å². The van der Waals surface area contributed by atoms with Crippen LogP contribution in [0.25, 0.3) is 4.96 Å². The van der Waals surface area contributed by atoms with Crippen molar-refractivity contribution in [3.8, 4) is 0 Å². The van der Waals surface area contributed by atoms with Crippen LogP contribution in [0.1, 0.15) is 21.7 Å². The molecular weight excluding hydrogens is 388 g/mol. The minimum absolute atomic E-state index is 0.120. The topological polar surface area (TPSA) is 59.3 Å². The average molecular weight is 403 g/mol. The SMILES string of the molecule is Cc1cccc(Cc2cnc(NC(=O)Cc3cn4ccsc4n3)s2)c1Cl. The van der Waals surface area contributed by atoms with E-state index in [4.69, 9.17) is 11.6 Å².